The highest BCUT2D eigenvalue weighted by Crippen LogP contribution is 2.31. The van der Waals surface area contributed by atoms with Crippen LogP contribution in [0.2, 0.25) is 0 Å². The Kier molecular flexibility index (Phi) is 7.87. The zero-order valence-corrected chi connectivity index (χ0v) is 16.9. The van der Waals surface area contributed by atoms with E-state index in [9.17, 15) is 13.2 Å². The fourth-order valence-corrected chi connectivity index (χ4v) is 4.87. The molecule has 0 saturated carbocycles. The first kappa shape index (κ1) is 21.9. The van der Waals surface area contributed by atoms with E-state index in [0.29, 0.717) is 32.0 Å². The molecule has 1 aromatic rings. The molecule has 1 aromatic carbocycles. The predicted octanol–water partition coefficient (Wildman–Crippen LogP) is 1.22. The molecule has 2 aliphatic rings. The van der Waals surface area contributed by atoms with E-state index in [2.05, 4.69) is 10.6 Å². The zero-order valence-electron chi connectivity index (χ0n) is 15.3. The number of ether oxygens (including phenoxy) is 2. The van der Waals surface area contributed by atoms with E-state index in [1.54, 1.807) is 12.1 Å². The molecule has 0 spiro atoms. The highest BCUT2D eigenvalue weighted by molar-refractivity contribution is 7.89. The number of rotatable bonds is 6. The summed E-state index contributed by atoms with van der Waals surface area (Å²) in [6, 6.07) is 4.62. The maximum absolute atomic E-state index is 12.7. The lowest BCUT2D eigenvalue weighted by Crippen LogP contribution is -2.43. The lowest BCUT2D eigenvalue weighted by atomic mass is 10.2. The van der Waals surface area contributed by atoms with Crippen molar-refractivity contribution >= 4 is 34.0 Å². The topological polar surface area (TPSA) is 97.0 Å². The third-order valence-electron chi connectivity index (χ3n) is 4.56. The molecule has 3 rings (SSSR count). The standard InChI is InChI=1S/C17H25N3O5S.ClH/c1-24-15-10-13(19-17(21)11-14-12-25-9-6-18-14)4-5-16(15)26(22,23)20-7-2-3-8-20;/h4-5,10,14,18H,2-3,6-9,11-12H2,1H3,(H,19,21);1H. The Bertz CT molecular complexity index is 747. The summed E-state index contributed by atoms with van der Waals surface area (Å²) in [5.74, 6) is 0.0685. The van der Waals surface area contributed by atoms with Gasteiger partial charge in [-0.05, 0) is 25.0 Å². The van der Waals surface area contributed by atoms with Crippen LogP contribution in [0.1, 0.15) is 19.3 Å². The summed E-state index contributed by atoms with van der Waals surface area (Å²) >= 11 is 0. The molecular formula is C17H26ClN3O5S. The quantitative estimate of drug-likeness (QED) is 0.719. The molecule has 2 heterocycles. The molecule has 8 nitrogen and oxygen atoms in total. The summed E-state index contributed by atoms with van der Waals surface area (Å²) in [7, 11) is -2.16. The summed E-state index contributed by atoms with van der Waals surface area (Å²) in [5.41, 5.74) is 0.504. The Morgan fingerprint density at radius 3 is 2.74 bits per heavy atom. The highest BCUT2D eigenvalue weighted by atomic mass is 35.5. The molecule has 0 aromatic heterocycles. The van der Waals surface area contributed by atoms with Crippen LogP contribution in [0.25, 0.3) is 0 Å². The second-order valence-corrected chi connectivity index (χ2v) is 8.36. The number of carbonyl (C=O) groups excluding carboxylic acids is 1. The van der Waals surface area contributed by atoms with Crippen molar-refractivity contribution < 1.29 is 22.7 Å². The summed E-state index contributed by atoms with van der Waals surface area (Å²) in [6.07, 6.45) is 2.03. The average molecular weight is 420 g/mol. The zero-order chi connectivity index (χ0) is 18.6. The van der Waals surface area contributed by atoms with Crippen LogP contribution in [-0.2, 0) is 19.6 Å². The third kappa shape index (κ3) is 5.32. The number of halogens is 1. The maximum atomic E-state index is 12.7. The minimum absolute atomic E-state index is 0. The van der Waals surface area contributed by atoms with Gasteiger partial charge in [0, 0.05) is 43.9 Å². The number of carbonyl (C=O) groups is 1. The fourth-order valence-electron chi connectivity index (χ4n) is 3.21. The van der Waals surface area contributed by atoms with Gasteiger partial charge in [-0.15, -0.1) is 12.4 Å². The fraction of sp³-hybridized carbons (Fsp3) is 0.588. The number of benzene rings is 1. The van der Waals surface area contributed by atoms with Crippen molar-refractivity contribution in [1.29, 1.82) is 0 Å². The molecule has 1 unspecified atom stereocenters. The summed E-state index contributed by atoms with van der Waals surface area (Å²) in [6.45, 7) is 2.95. The first-order chi connectivity index (χ1) is 12.5. The van der Waals surface area contributed by atoms with Gasteiger partial charge in [0.05, 0.1) is 20.3 Å². The van der Waals surface area contributed by atoms with E-state index >= 15 is 0 Å². The van der Waals surface area contributed by atoms with Crippen LogP contribution in [0.3, 0.4) is 0 Å². The van der Waals surface area contributed by atoms with Gasteiger partial charge in [0.25, 0.3) is 0 Å². The van der Waals surface area contributed by atoms with Gasteiger partial charge in [-0.2, -0.15) is 4.31 Å². The molecule has 27 heavy (non-hydrogen) atoms. The predicted molar refractivity (Wildman–Crippen MR) is 104 cm³/mol. The molecule has 152 valence electrons. The van der Waals surface area contributed by atoms with Crippen LogP contribution in [0.5, 0.6) is 5.75 Å². The van der Waals surface area contributed by atoms with Crippen LogP contribution in [0.15, 0.2) is 23.1 Å². The number of nitrogens with zero attached hydrogens (tertiary/aromatic N) is 1. The van der Waals surface area contributed by atoms with Crippen molar-refractivity contribution in [1.82, 2.24) is 9.62 Å². The average Bonchev–Trinajstić information content (AvgIpc) is 3.17. The Morgan fingerprint density at radius 2 is 2.11 bits per heavy atom. The van der Waals surface area contributed by atoms with Gasteiger partial charge in [-0.3, -0.25) is 4.79 Å². The molecule has 2 saturated heterocycles. The van der Waals surface area contributed by atoms with Gasteiger partial charge in [0.15, 0.2) is 0 Å². The molecule has 0 radical (unpaired) electrons. The number of nitrogens with one attached hydrogen (secondary N) is 2. The van der Waals surface area contributed by atoms with E-state index in [1.807, 2.05) is 0 Å². The van der Waals surface area contributed by atoms with E-state index in [4.69, 9.17) is 9.47 Å². The van der Waals surface area contributed by atoms with Crippen LogP contribution in [0, 0.1) is 0 Å². The first-order valence-corrected chi connectivity index (χ1v) is 10.2. The number of anilines is 1. The lowest BCUT2D eigenvalue weighted by Gasteiger charge is -2.23. The number of morpholine rings is 1. The number of sulfonamides is 1. The number of methoxy groups -OCH3 is 1. The molecule has 0 aliphatic carbocycles. The van der Waals surface area contributed by atoms with Crippen molar-refractivity contribution in [2.24, 2.45) is 0 Å². The summed E-state index contributed by atoms with van der Waals surface area (Å²) in [5, 5.41) is 6.01. The van der Waals surface area contributed by atoms with Crippen molar-refractivity contribution in [2.45, 2.75) is 30.2 Å². The second-order valence-electron chi connectivity index (χ2n) is 6.46. The highest BCUT2D eigenvalue weighted by Gasteiger charge is 2.30. The Labute approximate surface area is 166 Å². The number of amides is 1. The van der Waals surface area contributed by atoms with Crippen molar-refractivity contribution in [2.75, 3.05) is 45.3 Å². The van der Waals surface area contributed by atoms with Gasteiger partial charge in [-0.25, -0.2) is 8.42 Å². The number of hydrogen-bond acceptors (Lipinski definition) is 6. The van der Waals surface area contributed by atoms with E-state index in [1.165, 1.54) is 17.5 Å². The lowest BCUT2D eigenvalue weighted by molar-refractivity contribution is -0.117. The smallest absolute Gasteiger partial charge is 0.246 e. The first-order valence-electron chi connectivity index (χ1n) is 8.80. The monoisotopic (exact) mass is 419 g/mol. The summed E-state index contributed by atoms with van der Waals surface area (Å²) < 4.78 is 37.6. The number of hydrogen-bond donors (Lipinski definition) is 2. The van der Waals surface area contributed by atoms with Gasteiger partial charge in [-0.1, -0.05) is 0 Å². The molecule has 2 fully saturated rings. The van der Waals surface area contributed by atoms with Gasteiger partial charge in [0.1, 0.15) is 10.6 Å². The Hall–Kier alpha value is -1.39. The maximum Gasteiger partial charge on any atom is 0.246 e. The largest absolute Gasteiger partial charge is 0.495 e. The normalized spacial score (nSPS) is 20.7. The third-order valence-corrected chi connectivity index (χ3v) is 6.50. The van der Waals surface area contributed by atoms with Crippen LogP contribution < -0.4 is 15.4 Å². The van der Waals surface area contributed by atoms with Gasteiger partial charge < -0.3 is 20.1 Å². The van der Waals surface area contributed by atoms with Crippen LogP contribution in [-0.4, -0.2) is 64.6 Å². The van der Waals surface area contributed by atoms with Crippen molar-refractivity contribution in [3.8, 4) is 5.75 Å². The van der Waals surface area contributed by atoms with E-state index in [0.717, 1.165) is 19.4 Å². The molecule has 10 heteroatoms. The second kappa shape index (κ2) is 9.70. The van der Waals surface area contributed by atoms with Gasteiger partial charge in [0.2, 0.25) is 15.9 Å². The molecule has 2 N–H and O–H groups in total. The minimum Gasteiger partial charge on any atom is -0.495 e. The van der Waals surface area contributed by atoms with Crippen LogP contribution >= 0.6 is 12.4 Å². The van der Waals surface area contributed by atoms with Crippen molar-refractivity contribution in [3.05, 3.63) is 18.2 Å². The molecule has 1 atom stereocenters. The Balaban J connectivity index is 0.00000261. The van der Waals surface area contributed by atoms with E-state index in [-0.39, 0.29) is 41.4 Å². The Morgan fingerprint density at radius 1 is 1.37 bits per heavy atom. The van der Waals surface area contributed by atoms with Gasteiger partial charge >= 0.3 is 0 Å². The van der Waals surface area contributed by atoms with Crippen LogP contribution in [0.4, 0.5) is 5.69 Å². The molecule has 1 amide bonds. The van der Waals surface area contributed by atoms with Crippen molar-refractivity contribution in [3.63, 3.8) is 0 Å². The minimum atomic E-state index is -3.58. The van der Waals surface area contributed by atoms with E-state index < -0.39 is 10.0 Å². The SMILES string of the molecule is COc1cc(NC(=O)CC2COCCN2)ccc1S(=O)(=O)N1CCCC1.Cl. The summed E-state index contributed by atoms with van der Waals surface area (Å²) in [4.78, 5) is 12.3. The molecular weight excluding hydrogens is 394 g/mol. The molecule has 0 bridgehead atoms. The molecule has 2 aliphatic heterocycles.